The Kier molecular flexibility index (Phi) is 6.50. The first-order chi connectivity index (χ1) is 15.6. The van der Waals surface area contributed by atoms with Gasteiger partial charge < -0.3 is 14.8 Å². The zero-order valence-electron chi connectivity index (χ0n) is 17.8. The molecule has 0 atom stereocenters. The van der Waals surface area contributed by atoms with Crippen molar-refractivity contribution in [2.75, 3.05) is 13.7 Å². The molecular weight excluding hydrogens is 409 g/mol. The fourth-order valence-corrected chi connectivity index (χ4v) is 3.45. The Bertz CT molecular complexity index is 1140. The molecule has 5 nitrogen and oxygen atoms in total. The topological polar surface area (TPSA) is 64.6 Å². The van der Waals surface area contributed by atoms with Gasteiger partial charge in [0.2, 0.25) is 0 Å². The van der Waals surface area contributed by atoms with Crippen molar-refractivity contribution in [2.45, 2.75) is 19.4 Å². The maximum atomic E-state index is 14.0. The number of carbonyl (C=O) groups is 2. The number of methoxy groups -OCH3 is 1. The predicted octanol–water partition coefficient (Wildman–Crippen LogP) is 5.03. The second-order valence-corrected chi connectivity index (χ2v) is 7.82. The molecule has 1 amide bonds. The van der Waals surface area contributed by atoms with E-state index in [-0.39, 0.29) is 18.2 Å². The number of amides is 1. The van der Waals surface area contributed by atoms with E-state index in [1.165, 1.54) is 19.2 Å². The normalized spacial score (nSPS) is 12.8. The number of hydrogen-bond donors (Lipinski definition) is 1. The molecular formula is C26H24FNO4. The Balaban J connectivity index is 1.59. The Morgan fingerprint density at radius 3 is 2.59 bits per heavy atom. The van der Waals surface area contributed by atoms with E-state index in [9.17, 15) is 14.0 Å². The van der Waals surface area contributed by atoms with Crippen LogP contribution in [-0.2, 0) is 6.54 Å². The number of ether oxygens (including phenoxy) is 2. The van der Waals surface area contributed by atoms with Crippen LogP contribution in [0.5, 0.6) is 11.5 Å². The lowest BCUT2D eigenvalue weighted by atomic mass is 9.98. The summed E-state index contributed by atoms with van der Waals surface area (Å²) in [6, 6.07) is 17.1. The highest BCUT2D eigenvalue weighted by Crippen LogP contribution is 2.32. The summed E-state index contributed by atoms with van der Waals surface area (Å²) in [6.45, 7) is 0.713. The summed E-state index contributed by atoms with van der Waals surface area (Å²) in [5.74, 6) is 0.348. The molecule has 0 unspecified atom stereocenters. The number of carbonyl (C=O) groups excluding carboxylic acids is 2. The highest BCUT2D eigenvalue weighted by molar-refractivity contribution is 5.99. The van der Waals surface area contributed by atoms with Gasteiger partial charge in [0.05, 0.1) is 19.3 Å². The van der Waals surface area contributed by atoms with Gasteiger partial charge in [0, 0.05) is 12.1 Å². The maximum Gasteiger partial charge on any atom is 0.255 e. The van der Waals surface area contributed by atoms with Gasteiger partial charge in [0.25, 0.3) is 5.91 Å². The summed E-state index contributed by atoms with van der Waals surface area (Å²) in [6.07, 6.45) is 3.07. The summed E-state index contributed by atoms with van der Waals surface area (Å²) >= 11 is 0. The molecule has 3 aromatic rings. The van der Waals surface area contributed by atoms with Gasteiger partial charge in [0.1, 0.15) is 5.75 Å². The van der Waals surface area contributed by atoms with E-state index in [4.69, 9.17) is 9.47 Å². The largest absolute Gasteiger partial charge is 0.494 e. The Hall–Kier alpha value is -3.67. The summed E-state index contributed by atoms with van der Waals surface area (Å²) in [5, 5.41) is 2.83. The van der Waals surface area contributed by atoms with Crippen LogP contribution in [0.1, 0.15) is 39.1 Å². The molecule has 1 aliphatic rings. The van der Waals surface area contributed by atoms with Crippen LogP contribution in [0.15, 0.2) is 60.7 Å². The minimum atomic E-state index is -0.486. The van der Waals surface area contributed by atoms with E-state index in [2.05, 4.69) is 5.32 Å². The average Bonchev–Trinajstić information content (AvgIpc) is 3.66. The fraction of sp³-hybridized carbons (Fsp3) is 0.231. The number of nitrogens with one attached hydrogen (secondary N) is 1. The van der Waals surface area contributed by atoms with E-state index < -0.39 is 5.82 Å². The third-order valence-electron chi connectivity index (χ3n) is 5.46. The van der Waals surface area contributed by atoms with Crippen LogP contribution in [0, 0.1) is 11.7 Å². The molecule has 0 bridgehead atoms. The Morgan fingerprint density at radius 1 is 1.09 bits per heavy atom. The molecule has 1 fully saturated rings. The average molecular weight is 433 g/mol. The van der Waals surface area contributed by atoms with Gasteiger partial charge in [-0.3, -0.25) is 9.59 Å². The molecule has 1 aliphatic carbocycles. The first kappa shape index (κ1) is 21.6. The first-order valence-electron chi connectivity index (χ1n) is 10.5. The van der Waals surface area contributed by atoms with Gasteiger partial charge in [0.15, 0.2) is 17.9 Å². The van der Waals surface area contributed by atoms with Crippen molar-refractivity contribution in [1.29, 1.82) is 0 Å². The molecule has 32 heavy (non-hydrogen) atoms. The summed E-state index contributed by atoms with van der Waals surface area (Å²) in [7, 11) is 1.40. The number of halogens is 1. The second kappa shape index (κ2) is 9.64. The van der Waals surface area contributed by atoms with Crippen molar-refractivity contribution < 1.29 is 23.5 Å². The zero-order valence-corrected chi connectivity index (χ0v) is 17.8. The molecule has 0 heterocycles. The number of rotatable bonds is 9. The van der Waals surface area contributed by atoms with Gasteiger partial charge in [-0.05, 0) is 59.7 Å². The molecule has 0 saturated heterocycles. The lowest BCUT2D eigenvalue weighted by Crippen LogP contribution is -2.24. The van der Waals surface area contributed by atoms with Crippen LogP contribution in [-0.4, -0.2) is 25.9 Å². The van der Waals surface area contributed by atoms with Crippen LogP contribution >= 0.6 is 0 Å². The Labute approximate surface area is 186 Å². The highest BCUT2D eigenvalue weighted by atomic mass is 19.1. The van der Waals surface area contributed by atoms with Crippen molar-refractivity contribution in [3.8, 4) is 22.6 Å². The van der Waals surface area contributed by atoms with E-state index >= 15 is 0 Å². The number of hydrogen-bond acceptors (Lipinski definition) is 4. The van der Waals surface area contributed by atoms with Gasteiger partial charge in [-0.2, -0.15) is 0 Å². The smallest absolute Gasteiger partial charge is 0.255 e. The van der Waals surface area contributed by atoms with Crippen molar-refractivity contribution in [2.24, 2.45) is 5.92 Å². The maximum absolute atomic E-state index is 14.0. The summed E-state index contributed by atoms with van der Waals surface area (Å²) in [4.78, 5) is 24.5. The van der Waals surface area contributed by atoms with E-state index in [0.29, 0.717) is 35.0 Å². The minimum absolute atomic E-state index is 0.150. The third kappa shape index (κ3) is 4.97. The molecule has 1 saturated carbocycles. The van der Waals surface area contributed by atoms with E-state index in [1.807, 2.05) is 18.2 Å². The second-order valence-electron chi connectivity index (χ2n) is 7.82. The van der Waals surface area contributed by atoms with E-state index in [0.717, 1.165) is 30.3 Å². The van der Waals surface area contributed by atoms with Gasteiger partial charge >= 0.3 is 0 Å². The van der Waals surface area contributed by atoms with Crippen LogP contribution in [0.3, 0.4) is 0 Å². The van der Waals surface area contributed by atoms with Crippen LogP contribution in [0.4, 0.5) is 4.39 Å². The fourth-order valence-electron chi connectivity index (χ4n) is 3.45. The molecule has 164 valence electrons. The van der Waals surface area contributed by atoms with Crippen molar-refractivity contribution in [1.82, 2.24) is 5.32 Å². The zero-order chi connectivity index (χ0) is 22.5. The Morgan fingerprint density at radius 2 is 1.88 bits per heavy atom. The first-order valence-corrected chi connectivity index (χ1v) is 10.5. The quantitative estimate of drug-likeness (QED) is 0.481. The van der Waals surface area contributed by atoms with Gasteiger partial charge in [-0.1, -0.05) is 36.4 Å². The van der Waals surface area contributed by atoms with Crippen LogP contribution in [0.2, 0.25) is 0 Å². The van der Waals surface area contributed by atoms with Gasteiger partial charge in [-0.25, -0.2) is 4.39 Å². The number of aldehydes is 1. The molecule has 0 aliphatic heterocycles. The molecule has 0 spiro atoms. The summed E-state index contributed by atoms with van der Waals surface area (Å²) in [5.41, 5.74) is 3.01. The number of benzene rings is 3. The van der Waals surface area contributed by atoms with Crippen LogP contribution in [0.25, 0.3) is 11.1 Å². The molecule has 4 rings (SSSR count). The lowest BCUT2D eigenvalue weighted by Gasteiger charge is -2.14. The molecule has 3 aromatic carbocycles. The molecule has 1 N–H and O–H groups in total. The SMILES string of the molecule is COc1ccc(CNC(=O)c2cc(-c3ccccc3C=O)ccc2OCC2CC2)cc1F. The van der Waals surface area contributed by atoms with Crippen molar-refractivity contribution >= 4 is 12.2 Å². The van der Waals surface area contributed by atoms with Crippen molar-refractivity contribution in [3.63, 3.8) is 0 Å². The monoisotopic (exact) mass is 433 g/mol. The molecule has 0 radical (unpaired) electrons. The highest BCUT2D eigenvalue weighted by Gasteiger charge is 2.23. The summed E-state index contributed by atoms with van der Waals surface area (Å²) < 4.78 is 24.8. The van der Waals surface area contributed by atoms with E-state index in [1.54, 1.807) is 30.3 Å². The predicted molar refractivity (Wildman–Crippen MR) is 120 cm³/mol. The minimum Gasteiger partial charge on any atom is -0.494 e. The lowest BCUT2D eigenvalue weighted by molar-refractivity contribution is 0.0946. The standard InChI is InChI=1S/C26H24FNO4/c1-31-25-10-8-18(12-23(25)27)14-28-26(30)22-13-19(21-5-3-2-4-20(21)15-29)9-11-24(22)32-16-17-6-7-17/h2-5,8-13,15,17H,6-7,14,16H2,1H3,(H,28,30). The third-order valence-corrected chi connectivity index (χ3v) is 5.46. The molecule has 0 aromatic heterocycles. The van der Waals surface area contributed by atoms with Crippen molar-refractivity contribution in [3.05, 3.63) is 83.2 Å². The van der Waals surface area contributed by atoms with Gasteiger partial charge in [-0.15, -0.1) is 0 Å². The molecule has 6 heteroatoms. The van der Waals surface area contributed by atoms with Crippen LogP contribution < -0.4 is 14.8 Å².